The first-order valence-electron chi connectivity index (χ1n) is 7.66. The largest absolute Gasteiger partial charge is 0.493 e. The van der Waals surface area contributed by atoms with Gasteiger partial charge in [0.1, 0.15) is 13.2 Å². The third kappa shape index (κ3) is 3.82. The fourth-order valence-electron chi connectivity index (χ4n) is 2.54. The molecule has 7 nitrogen and oxygen atoms in total. The van der Waals surface area contributed by atoms with Crippen LogP contribution in [0, 0.1) is 0 Å². The van der Waals surface area contributed by atoms with E-state index in [4.69, 9.17) is 19.3 Å². The highest BCUT2D eigenvalue weighted by atomic mass is 16.6. The number of carbonyl (C=O) groups is 2. The number of methoxy groups -OCH3 is 1. The maximum Gasteiger partial charge on any atom is 0.307 e. The molecular weight excluding hydrogens is 326 g/mol. The van der Waals surface area contributed by atoms with E-state index >= 15 is 0 Å². The topological polar surface area (TPSA) is 94.1 Å². The number of anilines is 1. The molecule has 2 aromatic carbocycles. The molecule has 2 N–H and O–H groups in total. The molecule has 0 saturated heterocycles. The molecule has 25 heavy (non-hydrogen) atoms. The third-order valence-electron chi connectivity index (χ3n) is 3.63. The summed E-state index contributed by atoms with van der Waals surface area (Å²) in [5, 5.41) is 11.6. The first kappa shape index (κ1) is 16.6. The van der Waals surface area contributed by atoms with Gasteiger partial charge in [0.2, 0.25) is 5.75 Å². The number of benzene rings is 2. The van der Waals surface area contributed by atoms with Crippen molar-refractivity contribution in [2.75, 3.05) is 25.6 Å². The maximum atomic E-state index is 12.5. The first-order chi connectivity index (χ1) is 12.1. The zero-order valence-corrected chi connectivity index (χ0v) is 13.6. The van der Waals surface area contributed by atoms with Gasteiger partial charge in [-0.15, -0.1) is 0 Å². The number of ether oxygens (including phenoxy) is 3. The fraction of sp³-hybridized carbons (Fsp3) is 0.222. The van der Waals surface area contributed by atoms with E-state index in [0.29, 0.717) is 47.3 Å². The van der Waals surface area contributed by atoms with Crippen molar-refractivity contribution < 1.29 is 28.9 Å². The second kappa shape index (κ2) is 7.12. The molecule has 1 amide bonds. The van der Waals surface area contributed by atoms with Crippen LogP contribution in [0.1, 0.15) is 15.9 Å². The van der Waals surface area contributed by atoms with E-state index in [1.54, 1.807) is 36.4 Å². The number of carbonyl (C=O) groups excluding carboxylic acids is 1. The average molecular weight is 343 g/mol. The van der Waals surface area contributed by atoms with Crippen LogP contribution in [0.4, 0.5) is 5.69 Å². The van der Waals surface area contributed by atoms with E-state index in [9.17, 15) is 9.59 Å². The third-order valence-corrected chi connectivity index (χ3v) is 3.63. The highest BCUT2D eigenvalue weighted by molar-refractivity contribution is 6.05. The molecule has 1 aliphatic heterocycles. The maximum absolute atomic E-state index is 12.5. The SMILES string of the molecule is COc1cc(C(=O)Nc2cccc(CC(=O)O)c2)cc2c1OCCO2. The van der Waals surface area contributed by atoms with Gasteiger partial charge in [0.25, 0.3) is 5.91 Å². The Morgan fingerprint density at radius 3 is 2.76 bits per heavy atom. The van der Waals surface area contributed by atoms with E-state index in [1.807, 2.05) is 0 Å². The second-order valence-corrected chi connectivity index (χ2v) is 5.43. The molecule has 0 saturated carbocycles. The molecule has 0 radical (unpaired) electrons. The van der Waals surface area contributed by atoms with Crippen LogP contribution in [0.5, 0.6) is 17.2 Å². The fourth-order valence-corrected chi connectivity index (χ4v) is 2.54. The summed E-state index contributed by atoms with van der Waals surface area (Å²) in [6, 6.07) is 9.87. The van der Waals surface area contributed by atoms with Gasteiger partial charge in [-0.05, 0) is 29.8 Å². The molecule has 0 aliphatic carbocycles. The number of carboxylic acids is 1. The van der Waals surface area contributed by atoms with Gasteiger partial charge < -0.3 is 24.6 Å². The lowest BCUT2D eigenvalue weighted by molar-refractivity contribution is -0.136. The summed E-state index contributed by atoms with van der Waals surface area (Å²) in [6.07, 6.45) is -0.110. The molecule has 0 aromatic heterocycles. The number of amides is 1. The molecule has 0 unspecified atom stereocenters. The second-order valence-electron chi connectivity index (χ2n) is 5.43. The van der Waals surface area contributed by atoms with Crippen molar-refractivity contribution in [3.05, 3.63) is 47.5 Å². The van der Waals surface area contributed by atoms with Crippen molar-refractivity contribution in [3.8, 4) is 17.2 Å². The van der Waals surface area contributed by atoms with Crippen LogP contribution in [0.2, 0.25) is 0 Å². The minimum absolute atomic E-state index is 0.110. The normalized spacial score (nSPS) is 12.4. The van der Waals surface area contributed by atoms with Crippen LogP contribution in [0.15, 0.2) is 36.4 Å². The smallest absolute Gasteiger partial charge is 0.307 e. The number of hydrogen-bond donors (Lipinski definition) is 2. The molecular formula is C18H17NO6. The Hall–Kier alpha value is -3.22. The Morgan fingerprint density at radius 1 is 1.20 bits per heavy atom. The summed E-state index contributed by atoms with van der Waals surface area (Å²) in [7, 11) is 1.49. The Balaban J connectivity index is 1.83. The molecule has 2 aromatic rings. The van der Waals surface area contributed by atoms with Crippen LogP contribution >= 0.6 is 0 Å². The molecule has 3 rings (SSSR count). The average Bonchev–Trinajstić information content (AvgIpc) is 2.60. The van der Waals surface area contributed by atoms with Crippen molar-refractivity contribution >= 4 is 17.6 Å². The Kier molecular flexibility index (Phi) is 4.74. The summed E-state index contributed by atoms with van der Waals surface area (Å²) in [5.41, 5.74) is 1.47. The van der Waals surface area contributed by atoms with Gasteiger partial charge in [0, 0.05) is 11.3 Å². The van der Waals surface area contributed by atoms with Crippen LogP contribution < -0.4 is 19.5 Å². The monoisotopic (exact) mass is 343 g/mol. The Bertz CT molecular complexity index is 800. The van der Waals surface area contributed by atoms with Gasteiger partial charge in [0.15, 0.2) is 11.5 Å². The van der Waals surface area contributed by atoms with Crippen molar-refractivity contribution in [2.45, 2.75) is 6.42 Å². The summed E-state index contributed by atoms with van der Waals surface area (Å²) in [4.78, 5) is 23.3. The van der Waals surface area contributed by atoms with Crippen molar-refractivity contribution in [3.63, 3.8) is 0 Å². The lowest BCUT2D eigenvalue weighted by atomic mass is 10.1. The molecule has 0 fully saturated rings. The van der Waals surface area contributed by atoms with Gasteiger partial charge in [-0.2, -0.15) is 0 Å². The first-order valence-corrected chi connectivity index (χ1v) is 7.66. The summed E-state index contributed by atoms with van der Waals surface area (Å²) in [6.45, 7) is 0.823. The highest BCUT2D eigenvalue weighted by Gasteiger charge is 2.21. The molecule has 7 heteroatoms. The predicted octanol–water partition coefficient (Wildman–Crippen LogP) is 2.35. The number of aliphatic carboxylic acids is 1. The van der Waals surface area contributed by atoms with E-state index in [-0.39, 0.29) is 12.3 Å². The number of hydrogen-bond acceptors (Lipinski definition) is 5. The van der Waals surface area contributed by atoms with E-state index in [0.717, 1.165) is 0 Å². The zero-order chi connectivity index (χ0) is 17.8. The van der Waals surface area contributed by atoms with Gasteiger partial charge in [-0.1, -0.05) is 12.1 Å². The Labute approximate surface area is 144 Å². The molecule has 1 aliphatic rings. The van der Waals surface area contributed by atoms with Crippen molar-refractivity contribution in [1.29, 1.82) is 0 Å². The van der Waals surface area contributed by atoms with E-state index in [1.165, 1.54) is 7.11 Å². The van der Waals surface area contributed by atoms with Gasteiger partial charge in [-0.25, -0.2) is 0 Å². The van der Waals surface area contributed by atoms with Crippen LogP contribution in [0.3, 0.4) is 0 Å². The number of carboxylic acid groups (broad SMARTS) is 1. The van der Waals surface area contributed by atoms with Crippen LogP contribution in [-0.4, -0.2) is 37.3 Å². The quantitative estimate of drug-likeness (QED) is 0.865. The van der Waals surface area contributed by atoms with Gasteiger partial charge in [0.05, 0.1) is 13.5 Å². The Morgan fingerprint density at radius 2 is 2.00 bits per heavy atom. The van der Waals surface area contributed by atoms with E-state index in [2.05, 4.69) is 5.32 Å². The standard InChI is InChI=1S/C18H17NO6/c1-23-14-9-12(10-15-17(14)25-6-5-24-15)18(22)19-13-4-2-3-11(7-13)8-16(20)21/h2-4,7,9-10H,5-6,8H2,1H3,(H,19,22)(H,20,21). The molecule has 1 heterocycles. The molecule has 0 bridgehead atoms. The lowest BCUT2D eigenvalue weighted by Crippen LogP contribution is -2.18. The number of rotatable bonds is 5. The molecule has 130 valence electrons. The van der Waals surface area contributed by atoms with E-state index < -0.39 is 5.97 Å². The van der Waals surface area contributed by atoms with Crippen LogP contribution in [-0.2, 0) is 11.2 Å². The predicted molar refractivity (Wildman–Crippen MR) is 89.7 cm³/mol. The molecule has 0 spiro atoms. The number of fused-ring (bicyclic) bond motifs is 1. The zero-order valence-electron chi connectivity index (χ0n) is 13.6. The van der Waals surface area contributed by atoms with Gasteiger partial charge in [-0.3, -0.25) is 9.59 Å². The minimum atomic E-state index is -0.931. The highest BCUT2D eigenvalue weighted by Crippen LogP contribution is 2.40. The summed E-state index contributed by atoms with van der Waals surface area (Å²) < 4.78 is 16.3. The number of nitrogens with one attached hydrogen (secondary N) is 1. The van der Waals surface area contributed by atoms with Crippen molar-refractivity contribution in [1.82, 2.24) is 0 Å². The minimum Gasteiger partial charge on any atom is -0.493 e. The van der Waals surface area contributed by atoms with Gasteiger partial charge >= 0.3 is 5.97 Å². The van der Waals surface area contributed by atoms with Crippen molar-refractivity contribution in [2.24, 2.45) is 0 Å². The lowest BCUT2D eigenvalue weighted by Gasteiger charge is -2.21. The van der Waals surface area contributed by atoms with Crippen LogP contribution in [0.25, 0.3) is 0 Å². The summed E-state index contributed by atoms with van der Waals surface area (Å²) >= 11 is 0. The summed E-state index contributed by atoms with van der Waals surface area (Å²) in [5.74, 6) is 0.0638. The molecule has 0 atom stereocenters.